The lowest BCUT2D eigenvalue weighted by Gasteiger charge is -2.35. The third kappa shape index (κ3) is 2.43. The minimum atomic E-state index is -4.50. The Morgan fingerprint density at radius 1 is 1.73 bits per heavy atom. The summed E-state index contributed by atoms with van der Waals surface area (Å²) in [6.07, 6.45) is 0. The molecular formula is C6H11N3O5S. The van der Waals surface area contributed by atoms with Crippen molar-refractivity contribution >= 4 is 22.1 Å². The fraction of sp³-hybridized carbons (Fsp3) is 0.667. The van der Waals surface area contributed by atoms with Crippen LogP contribution in [0.25, 0.3) is 0 Å². The van der Waals surface area contributed by atoms with Crippen LogP contribution in [0.2, 0.25) is 0 Å². The normalized spacial score (nSPS) is 23.3. The van der Waals surface area contributed by atoms with Gasteiger partial charge in [0.1, 0.15) is 6.04 Å². The zero-order valence-electron chi connectivity index (χ0n) is 7.87. The number of nitrogens with one attached hydrogen (secondary N) is 1. The van der Waals surface area contributed by atoms with E-state index in [9.17, 15) is 18.0 Å². The molecule has 0 saturated carbocycles. The average molecular weight is 237 g/mol. The van der Waals surface area contributed by atoms with Gasteiger partial charge >= 0.3 is 10.3 Å². The lowest BCUT2D eigenvalue weighted by Crippen LogP contribution is -2.66. The Labute approximate surface area is 86.3 Å². The predicted octanol–water partition coefficient (Wildman–Crippen LogP) is -2.54. The SMILES string of the molecule is C[C@H](N)C(=O)NC1CN(S(=O)(=O)O)C1=O. The summed E-state index contributed by atoms with van der Waals surface area (Å²) in [4.78, 5) is 22.1. The standard InChI is InChI=1S/C6H11N3O5S/c1-3(7)5(10)8-4-2-9(6(4)11)15(12,13)14/h3-4H,2,7H2,1H3,(H,8,10)(H,12,13,14)/t3-,4?/m0/s1. The molecule has 1 aliphatic rings. The van der Waals surface area contributed by atoms with Gasteiger partial charge in [-0.2, -0.15) is 8.42 Å². The van der Waals surface area contributed by atoms with Gasteiger partial charge in [0.15, 0.2) is 0 Å². The van der Waals surface area contributed by atoms with Gasteiger partial charge in [-0.25, -0.2) is 4.31 Å². The summed E-state index contributed by atoms with van der Waals surface area (Å²) in [6.45, 7) is 1.16. The molecule has 2 amide bonds. The van der Waals surface area contributed by atoms with E-state index in [1.807, 2.05) is 0 Å². The van der Waals surface area contributed by atoms with Crippen molar-refractivity contribution in [1.82, 2.24) is 9.62 Å². The topological polar surface area (TPSA) is 130 Å². The first-order valence-corrected chi connectivity index (χ1v) is 5.48. The Morgan fingerprint density at radius 2 is 2.27 bits per heavy atom. The first-order chi connectivity index (χ1) is 6.73. The highest BCUT2D eigenvalue weighted by molar-refractivity contribution is 7.84. The Balaban J connectivity index is 2.54. The second-order valence-corrected chi connectivity index (χ2v) is 4.53. The van der Waals surface area contributed by atoms with Gasteiger partial charge in [-0.05, 0) is 6.92 Å². The number of β-lactam (4-membered cyclic amide) rings is 1. The van der Waals surface area contributed by atoms with E-state index in [1.54, 1.807) is 0 Å². The number of carbonyl (C=O) groups excluding carboxylic acids is 2. The molecule has 1 rings (SSSR count). The van der Waals surface area contributed by atoms with E-state index in [2.05, 4.69) is 5.32 Å². The molecule has 8 nitrogen and oxygen atoms in total. The summed E-state index contributed by atoms with van der Waals surface area (Å²) in [5, 5.41) is 2.24. The van der Waals surface area contributed by atoms with Gasteiger partial charge in [0.2, 0.25) is 5.91 Å². The van der Waals surface area contributed by atoms with Crippen LogP contribution in [0.4, 0.5) is 0 Å². The predicted molar refractivity (Wildman–Crippen MR) is 48.8 cm³/mol. The number of hydrogen-bond donors (Lipinski definition) is 3. The average Bonchev–Trinajstić information content (AvgIpc) is 2.07. The molecule has 2 atom stereocenters. The summed E-state index contributed by atoms with van der Waals surface area (Å²) < 4.78 is 29.8. The molecule has 4 N–H and O–H groups in total. The van der Waals surface area contributed by atoms with Crippen molar-refractivity contribution in [2.45, 2.75) is 19.0 Å². The molecule has 86 valence electrons. The van der Waals surface area contributed by atoms with E-state index in [4.69, 9.17) is 10.3 Å². The Morgan fingerprint density at radius 3 is 2.60 bits per heavy atom. The fourth-order valence-corrected chi connectivity index (χ4v) is 1.71. The second kappa shape index (κ2) is 3.76. The quantitative estimate of drug-likeness (QED) is 0.366. The van der Waals surface area contributed by atoms with Crippen LogP contribution in [-0.4, -0.2) is 47.7 Å². The van der Waals surface area contributed by atoms with Gasteiger partial charge in [-0.3, -0.25) is 14.1 Å². The molecule has 1 heterocycles. The van der Waals surface area contributed by atoms with Crippen LogP contribution in [0.5, 0.6) is 0 Å². The van der Waals surface area contributed by atoms with Crippen molar-refractivity contribution < 1.29 is 22.6 Å². The molecule has 0 spiro atoms. The molecule has 9 heteroatoms. The number of carbonyl (C=O) groups is 2. The molecule has 0 aromatic carbocycles. The highest BCUT2D eigenvalue weighted by atomic mass is 32.2. The van der Waals surface area contributed by atoms with Crippen LogP contribution in [0.15, 0.2) is 0 Å². The summed E-state index contributed by atoms with van der Waals surface area (Å²) in [7, 11) is -4.50. The molecular weight excluding hydrogens is 226 g/mol. The zero-order chi connectivity index (χ0) is 11.8. The van der Waals surface area contributed by atoms with Crippen LogP contribution in [0.3, 0.4) is 0 Å². The Kier molecular flexibility index (Phi) is 2.98. The number of nitrogens with two attached hydrogens (primary N) is 1. The lowest BCUT2D eigenvalue weighted by atomic mass is 10.1. The summed E-state index contributed by atoms with van der Waals surface area (Å²) >= 11 is 0. The van der Waals surface area contributed by atoms with E-state index in [0.29, 0.717) is 0 Å². The molecule has 1 saturated heterocycles. The molecule has 0 radical (unpaired) electrons. The van der Waals surface area contributed by atoms with Crippen molar-refractivity contribution in [3.05, 3.63) is 0 Å². The van der Waals surface area contributed by atoms with E-state index in [0.717, 1.165) is 0 Å². The number of nitrogens with zero attached hydrogens (tertiary/aromatic N) is 1. The minimum Gasteiger partial charge on any atom is -0.341 e. The van der Waals surface area contributed by atoms with Crippen LogP contribution in [0.1, 0.15) is 6.92 Å². The van der Waals surface area contributed by atoms with Gasteiger partial charge < -0.3 is 11.1 Å². The molecule has 15 heavy (non-hydrogen) atoms. The number of hydrogen-bond acceptors (Lipinski definition) is 5. The van der Waals surface area contributed by atoms with Crippen molar-refractivity contribution in [2.24, 2.45) is 5.73 Å². The van der Waals surface area contributed by atoms with Crippen LogP contribution in [-0.2, 0) is 19.9 Å². The molecule has 1 aliphatic heterocycles. The van der Waals surface area contributed by atoms with E-state index in [1.165, 1.54) is 6.92 Å². The van der Waals surface area contributed by atoms with Crippen LogP contribution in [0, 0.1) is 0 Å². The maximum absolute atomic E-state index is 11.1. The van der Waals surface area contributed by atoms with Crippen LogP contribution >= 0.6 is 0 Å². The maximum atomic E-state index is 11.1. The van der Waals surface area contributed by atoms with Gasteiger partial charge in [0, 0.05) is 0 Å². The summed E-state index contributed by atoms with van der Waals surface area (Å²) in [5.74, 6) is -1.42. The number of amides is 2. The minimum absolute atomic E-state index is 0.263. The highest BCUT2D eigenvalue weighted by Gasteiger charge is 2.44. The summed E-state index contributed by atoms with van der Waals surface area (Å²) in [5.41, 5.74) is 5.22. The van der Waals surface area contributed by atoms with E-state index in [-0.39, 0.29) is 10.8 Å². The number of rotatable bonds is 3. The van der Waals surface area contributed by atoms with Gasteiger partial charge in [0.25, 0.3) is 5.91 Å². The third-order valence-corrected chi connectivity index (χ3v) is 2.79. The van der Waals surface area contributed by atoms with Crippen molar-refractivity contribution in [1.29, 1.82) is 0 Å². The molecule has 1 unspecified atom stereocenters. The van der Waals surface area contributed by atoms with Gasteiger partial charge in [0.05, 0.1) is 12.6 Å². The first kappa shape index (κ1) is 11.9. The summed E-state index contributed by atoms with van der Waals surface area (Å²) in [6, 6.07) is -1.71. The second-order valence-electron chi connectivity index (χ2n) is 3.20. The largest absolute Gasteiger partial charge is 0.362 e. The van der Waals surface area contributed by atoms with Gasteiger partial charge in [-0.15, -0.1) is 0 Å². The van der Waals surface area contributed by atoms with Gasteiger partial charge in [-0.1, -0.05) is 0 Å². The van der Waals surface area contributed by atoms with E-state index >= 15 is 0 Å². The molecule has 0 aromatic heterocycles. The smallest absolute Gasteiger partial charge is 0.341 e. The molecule has 1 fully saturated rings. The maximum Gasteiger partial charge on any atom is 0.362 e. The van der Waals surface area contributed by atoms with Crippen molar-refractivity contribution in [3.63, 3.8) is 0 Å². The highest BCUT2D eigenvalue weighted by Crippen LogP contribution is 2.13. The molecule has 0 aromatic rings. The zero-order valence-corrected chi connectivity index (χ0v) is 8.69. The third-order valence-electron chi connectivity index (χ3n) is 1.90. The monoisotopic (exact) mass is 237 g/mol. The Hall–Kier alpha value is -1.19. The van der Waals surface area contributed by atoms with Crippen molar-refractivity contribution in [2.75, 3.05) is 6.54 Å². The first-order valence-electron chi connectivity index (χ1n) is 4.08. The lowest BCUT2D eigenvalue weighted by molar-refractivity contribution is -0.140. The molecule has 0 aliphatic carbocycles. The molecule has 0 bridgehead atoms. The van der Waals surface area contributed by atoms with E-state index < -0.39 is 34.2 Å². The Bertz CT molecular complexity index is 390. The fourth-order valence-electron chi connectivity index (χ4n) is 1.01. The van der Waals surface area contributed by atoms with Crippen LogP contribution < -0.4 is 11.1 Å². The van der Waals surface area contributed by atoms with Crippen molar-refractivity contribution in [3.8, 4) is 0 Å².